The standard InChI is InChI=1S/C27H38F3N3O3S/c1-3-33(4-2)15-8-16-37(34,35)31-18-21-12-13-22-25(19-9-6-5-7-10-19)32-24-14-11-20(27(28,29)30)17-23(24)26(22)36-21/h5-7,9,11,14,17,19,21-22,25-26,31-32H,3-4,8,10,12-13,15-16,18H2,1-2H3/t19?,21-,22+,25+,26+/m1/s1. The predicted molar refractivity (Wildman–Crippen MR) is 140 cm³/mol. The molecule has 2 N–H and O–H groups in total. The maximum Gasteiger partial charge on any atom is 0.416 e. The number of hydrogen-bond donors (Lipinski definition) is 2. The van der Waals surface area contributed by atoms with Crippen molar-refractivity contribution < 1.29 is 26.3 Å². The second-order valence-electron chi connectivity index (χ2n) is 10.2. The third-order valence-electron chi connectivity index (χ3n) is 7.81. The maximum absolute atomic E-state index is 13.5. The molecule has 1 saturated heterocycles. The van der Waals surface area contributed by atoms with E-state index in [2.05, 4.69) is 27.1 Å². The smallest absolute Gasteiger partial charge is 0.381 e. The predicted octanol–water partition coefficient (Wildman–Crippen LogP) is 5.12. The molecule has 1 aliphatic carbocycles. The molecule has 1 aromatic rings. The van der Waals surface area contributed by atoms with Crippen LogP contribution in [-0.2, 0) is 20.9 Å². The number of anilines is 1. The van der Waals surface area contributed by atoms with Crippen molar-refractivity contribution in [3.05, 3.63) is 53.6 Å². The number of hydrogen-bond acceptors (Lipinski definition) is 5. The Bertz CT molecular complexity index is 1090. The van der Waals surface area contributed by atoms with Gasteiger partial charge in [0.05, 0.1) is 23.5 Å². The number of fused-ring (bicyclic) bond motifs is 3. The molecule has 2 heterocycles. The lowest BCUT2D eigenvalue weighted by atomic mass is 9.73. The van der Waals surface area contributed by atoms with Crippen molar-refractivity contribution >= 4 is 15.7 Å². The van der Waals surface area contributed by atoms with E-state index < -0.39 is 34.0 Å². The Kier molecular flexibility index (Phi) is 9.04. The van der Waals surface area contributed by atoms with Gasteiger partial charge < -0.3 is 15.0 Å². The number of allylic oxidation sites excluding steroid dienone is 3. The molecule has 0 spiro atoms. The first-order valence-electron chi connectivity index (χ1n) is 13.3. The maximum atomic E-state index is 13.5. The minimum Gasteiger partial charge on any atom is -0.381 e. The second kappa shape index (κ2) is 11.9. The fraction of sp³-hybridized carbons (Fsp3) is 0.630. The summed E-state index contributed by atoms with van der Waals surface area (Å²) in [5, 5.41) is 3.51. The Morgan fingerprint density at radius 2 is 1.95 bits per heavy atom. The van der Waals surface area contributed by atoms with E-state index in [0.29, 0.717) is 24.1 Å². The van der Waals surface area contributed by atoms with Crippen LogP contribution in [-0.4, -0.2) is 57.4 Å². The highest BCUT2D eigenvalue weighted by molar-refractivity contribution is 7.89. The summed E-state index contributed by atoms with van der Waals surface area (Å²) < 4.78 is 74.8. The van der Waals surface area contributed by atoms with Gasteiger partial charge in [0.15, 0.2) is 0 Å². The Hall–Kier alpha value is -1.88. The molecule has 1 unspecified atom stereocenters. The van der Waals surface area contributed by atoms with Gasteiger partial charge in [0, 0.05) is 35.7 Å². The number of benzene rings is 1. The third kappa shape index (κ3) is 6.96. The van der Waals surface area contributed by atoms with Gasteiger partial charge in [-0.05, 0) is 63.5 Å². The Morgan fingerprint density at radius 3 is 2.62 bits per heavy atom. The van der Waals surface area contributed by atoms with Crippen LogP contribution in [0.4, 0.5) is 18.9 Å². The summed E-state index contributed by atoms with van der Waals surface area (Å²) in [5.74, 6) is 0.226. The molecule has 5 atom stereocenters. The van der Waals surface area contributed by atoms with E-state index in [-0.39, 0.29) is 30.2 Å². The van der Waals surface area contributed by atoms with E-state index in [1.807, 2.05) is 26.0 Å². The van der Waals surface area contributed by atoms with Gasteiger partial charge in [-0.3, -0.25) is 0 Å². The molecule has 0 aromatic heterocycles. The van der Waals surface area contributed by atoms with Crippen molar-refractivity contribution in [2.45, 2.75) is 64.0 Å². The van der Waals surface area contributed by atoms with Gasteiger partial charge in [-0.15, -0.1) is 0 Å². The summed E-state index contributed by atoms with van der Waals surface area (Å²) in [5.41, 5.74) is 0.448. The fourth-order valence-corrected chi connectivity index (χ4v) is 6.81. The molecular weight excluding hydrogens is 503 g/mol. The van der Waals surface area contributed by atoms with Crippen LogP contribution in [0.5, 0.6) is 0 Å². The van der Waals surface area contributed by atoms with E-state index >= 15 is 0 Å². The first-order chi connectivity index (χ1) is 17.6. The molecule has 37 heavy (non-hydrogen) atoms. The topological polar surface area (TPSA) is 70.7 Å². The van der Waals surface area contributed by atoms with Crippen LogP contribution in [0.3, 0.4) is 0 Å². The van der Waals surface area contributed by atoms with Crippen molar-refractivity contribution in [3.8, 4) is 0 Å². The number of rotatable bonds is 10. The third-order valence-corrected chi connectivity index (χ3v) is 9.24. The van der Waals surface area contributed by atoms with Gasteiger partial charge in [-0.25, -0.2) is 13.1 Å². The van der Waals surface area contributed by atoms with Gasteiger partial charge in [-0.1, -0.05) is 38.2 Å². The van der Waals surface area contributed by atoms with E-state index in [1.54, 1.807) is 0 Å². The number of nitrogens with zero attached hydrogens (tertiary/aromatic N) is 1. The van der Waals surface area contributed by atoms with Crippen molar-refractivity contribution in [1.29, 1.82) is 0 Å². The van der Waals surface area contributed by atoms with Gasteiger partial charge >= 0.3 is 6.18 Å². The first kappa shape index (κ1) is 28.1. The molecule has 0 bridgehead atoms. The Morgan fingerprint density at radius 1 is 1.16 bits per heavy atom. The molecule has 0 saturated carbocycles. The van der Waals surface area contributed by atoms with Crippen LogP contribution < -0.4 is 10.0 Å². The minimum absolute atomic E-state index is 0.0148. The van der Waals surface area contributed by atoms with Crippen molar-refractivity contribution in [3.63, 3.8) is 0 Å². The van der Waals surface area contributed by atoms with Crippen LogP contribution in [0, 0.1) is 11.8 Å². The average molecular weight is 542 g/mol. The number of sulfonamides is 1. The zero-order valence-electron chi connectivity index (χ0n) is 21.5. The monoisotopic (exact) mass is 541 g/mol. The van der Waals surface area contributed by atoms with Crippen LogP contribution in [0.1, 0.15) is 56.8 Å². The molecule has 4 rings (SSSR count). The molecule has 1 fully saturated rings. The van der Waals surface area contributed by atoms with Crippen molar-refractivity contribution in [2.24, 2.45) is 11.8 Å². The van der Waals surface area contributed by atoms with Crippen molar-refractivity contribution in [1.82, 2.24) is 9.62 Å². The normalized spacial score (nSPS) is 27.6. The highest BCUT2D eigenvalue weighted by Gasteiger charge is 2.45. The molecule has 3 aliphatic rings. The zero-order valence-corrected chi connectivity index (χ0v) is 22.3. The lowest BCUT2D eigenvalue weighted by Crippen LogP contribution is -2.48. The summed E-state index contributed by atoms with van der Waals surface area (Å²) in [6.07, 6.45) is 5.64. The van der Waals surface area contributed by atoms with Crippen LogP contribution in [0.25, 0.3) is 0 Å². The first-order valence-corrected chi connectivity index (χ1v) is 14.9. The molecule has 206 valence electrons. The van der Waals surface area contributed by atoms with E-state index in [1.165, 1.54) is 12.1 Å². The minimum atomic E-state index is -4.45. The molecule has 1 aromatic carbocycles. The molecule has 6 nitrogen and oxygen atoms in total. The van der Waals surface area contributed by atoms with Gasteiger partial charge in [0.1, 0.15) is 0 Å². The largest absolute Gasteiger partial charge is 0.416 e. The quantitative estimate of drug-likeness (QED) is 0.430. The lowest BCUT2D eigenvalue weighted by Gasteiger charge is -2.47. The van der Waals surface area contributed by atoms with Gasteiger partial charge in [-0.2, -0.15) is 13.2 Å². The highest BCUT2D eigenvalue weighted by atomic mass is 32.2. The zero-order chi connectivity index (χ0) is 26.6. The van der Waals surface area contributed by atoms with Gasteiger partial charge in [0.25, 0.3) is 0 Å². The van der Waals surface area contributed by atoms with Crippen LogP contribution in [0.15, 0.2) is 42.5 Å². The summed E-state index contributed by atoms with van der Waals surface area (Å²) in [6, 6.07) is 3.81. The molecule has 0 amide bonds. The second-order valence-corrected chi connectivity index (χ2v) is 12.1. The molecule has 0 radical (unpaired) electrons. The Balaban J connectivity index is 1.47. The fourth-order valence-electron chi connectivity index (χ4n) is 5.72. The summed E-state index contributed by atoms with van der Waals surface area (Å²) >= 11 is 0. The Labute approximate surface area is 218 Å². The number of alkyl halides is 3. The van der Waals surface area contributed by atoms with E-state index in [0.717, 1.165) is 38.5 Å². The SMILES string of the molecule is CCN(CC)CCCS(=O)(=O)NC[C@H]1CC[C@@H]2[C@H](O1)c1cc(C(F)(F)F)ccc1N[C@H]2C1C=CC=CC1. The van der Waals surface area contributed by atoms with Crippen LogP contribution >= 0.6 is 0 Å². The summed E-state index contributed by atoms with van der Waals surface area (Å²) in [6.45, 7) is 6.69. The highest BCUT2D eigenvalue weighted by Crippen LogP contribution is 2.49. The molecular formula is C27H38F3N3O3S. The van der Waals surface area contributed by atoms with E-state index in [4.69, 9.17) is 4.74 Å². The number of halogens is 3. The van der Waals surface area contributed by atoms with Crippen LogP contribution in [0.2, 0.25) is 0 Å². The summed E-state index contributed by atoms with van der Waals surface area (Å²) in [4.78, 5) is 2.18. The van der Waals surface area contributed by atoms with Gasteiger partial charge in [0.2, 0.25) is 10.0 Å². The van der Waals surface area contributed by atoms with E-state index in [9.17, 15) is 21.6 Å². The number of nitrogens with one attached hydrogen (secondary N) is 2. The summed E-state index contributed by atoms with van der Waals surface area (Å²) in [7, 11) is -3.47. The van der Waals surface area contributed by atoms with Crippen molar-refractivity contribution in [2.75, 3.05) is 37.2 Å². The molecule has 2 aliphatic heterocycles. The number of ether oxygens (including phenoxy) is 1. The molecule has 10 heteroatoms. The lowest BCUT2D eigenvalue weighted by molar-refractivity contribution is -0.138. The average Bonchev–Trinajstić information content (AvgIpc) is 2.89.